The summed E-state index contributed by atoms with van der Waals surface area (Å²) >= 11 is 3.08. The summed E-state index contributed by atoms with van der Waals surface area (Å²) in [6.45, 7) is 4.80. The van der Waals surface area contributed by atoms with Crippen LogP contribution in [0, 0.1) is 6.92 Å². The molecule has 1 fully saturated rings. The minimum Gasteiger partial charge on any atom is -0.508 e. The summed E-state index contributed by atoms with van der Waals surface area (Å²) < 4.78 is 11.5. The number of aromatic nitrogens is 2. The highest BCUT2D eigenvalue weighted by molar-refractivity contribution is 8.00. The zero-order valence-corrected chi connectivity index (χ0v) is 15.7. The highest BCUT2D eigenvalue weighted by atomic mass is 32.2. The van der Waals surface area contributed by atoms with Gasteiger partial charge in [-0.1, -0.05) is 23.1 Å². The summed E-state index contributed by atoms with van der Waals surface area (Å²) in [5.74, 6) is 0.689. The lowest BCUT2D eigenvalue weighted by Crippen LogP contribution is -2.36. The molecule has 4 rings (SSSR count). The van der Waals surface area contributed by atoms with E-state index in [0.29, 0.717) is 30.1 Å². The van der Waals surface area contributed by atoms with Crippen molar-refractivity contribution in [2.75, 3.05) is 31.2 Å². The maximum absolute atomic E-state index is 11.9. The van der Waals surface area contributed by atoms with Gasteiger partial charge in [-0.05, 0) is 24.6 Å². The van der Waals surface area contributed by atoms with Crippen molar-refractivity contribution in [3.8, 4) is 5.75 Å². The number of morpholine rings is 1. The van der Waals surface area contributed by atoms with Crippen LogP contribution in [-0.2, 0) is 10.5 Å². The van der Waals surface area contributed by atoms with E-state index in [4.69, 9.17) is 9.15 Å². The standard InChI is InChI=1S/C17H17N3O4S2/c1-10-13(21)3-2-12-11(8-14(22)24-15(10)12)9-25-17-19-18-16(26-17)20-4-6-23-7-5-20/h2-3,8,21H,4-7,9H2,1H3. The van der Waals surface area contributed by atoms with Gasteiger partial charge in [0, 0.05) is 35.9 Å². The van der Waals surface area contributed by atoms with Gasteiger partial charge in [-0.2, -0.15) is 0 Å². The second kappa shape index (κ2) is 7.26. The predicted molar refractivity (Wildman–Crippen MR) is 101 cm³/mol. The Morgan fingerprint density at radius 2 is 2.12 bits per heavy atom. The minimum atomic E-state index is -0.423. The Bertz CT molecular complexity index is 995. The van der Waals surface area contributed by atoms with Gasteiger partial charge in [0.2, 0.25) is 5.13 Å². The van der Waals surface area contributed by atoms with Gasteiger partial charge in [-0.15, -0.1) is 10.2 Å². The SMILES string of the molecule is Cc1c(O)ccc2c(CSc3nnc(N4CCOCC4)s3)cc(=O)oc12. The van der Waals surface area contributed by atoms with E-state index < -0.39 is 5.63 Å². The third-order valence-corrected chi connectivity index (χ3v) is 6.41. The van der Waals surface area contributed by atoms with Crippen molar-refractivity contribution in [1.29, 1.82) is 0 Å². The molecule has 3 aromatic rings. The molecule has 1 saturated heterocycles. The molecule has 26 heavy (non-hydrogen) atoms. The van der Waals surface area contributed by atoms with E-state index in [1.165, 1.54) is 17.8 Å². The molecule has 3 heterocycles. The largest absolute Gasteiger partial charge is 0.508 e. The van der Waals surface area contributed by atoms with E-state index in [9.17, 15) is 9.90 Å². The normalized spacial score (nSPS) is 14.9. The molecule has 0 saturated carbocycles. The summed E-state index contributed by atoms with van der Waals surface area (Å²) in [6.07, 6.45) is 0. The van der Waals surface area contributed by atoms with Crippen LogP contribution in [0.4, 0.5) is 5.13 Å². The number of hydrogen-bond donors (Lipinski definition) is 1. The molecule has 0 spiro atoms. The van der Waals surface area contributed by atoms with E-state index in [-0.39, 0.29) is 5.75 Å². The lowest BCUT2D eigenvalue weighted by molar-refractivity contribution is 0.122. The first-order valence-corrected chi connectivity index (χ1v) is 9.96. The average Bonchev–Trinajstić information content (AvgIpc) is 3.13. The first-order valence-electron chi connectivity index (χ1n) is 8.16. The second-order valence-corrected chi connectivity index (χ2v) is 8.09. The molecular weight excluding hydrogens is 374 g/mol. The molecule has 0 atom stereocenters. The number of benzene rings is 1. The van der Waals surface area contributed by atoms with Gasteiger partial charge in [0.25, 0.3) is 0 Å². The van der Waals surface area contributed by atoms with Crippen molar-refractivity contribution in [2.24, 2.45) is 0 Å². The Morgan fingerprint density at radius 3 is 2.92 bits per heavy atom. The number of ether oxygens (including phenoxy) is 1. The molecule has 0 bridgehead atoms. The highest BCUT2D eigenvalue weighted by Gasteiger charge is 2.17. The topological polar surface area (TPSA) is 88.7 Å². The number of nitrogens with zero attached hydrogens (tertiary/aromatic N) is 3. The van der Waals surface area contributed by atoms with Gasteiger partial charge in [0.1, 0.15) is 11.3 Å². The molecule has 2 aromatic heterocycles. The molecule has 1 N–H and O–H groups in total. The fourth-order valence-corrected chi connectivity index (χ4v) is 4.70. The molecule has 0 aliphatic carbocycles. The number of phenols is 1. The van der Waals surface area contributed by atoms with Gasteiger partial charge in [-0.25, -0.2) is 4.79 Å². The van der Waals surface area contributed by atoms with Crippen LogP contribution in [0.2, 0.25) is 0 Å². The predicted octanol–water partition coefficient (Wildman–Crippen LogP) is 2.79. The summed E-state index contributed by atoms with van der Waals surface area (Å²) in [5.41, 5.74) is 1.43. The Morgan fingerprint density at radius 1 is 1.31 bits per heavy atom. The van der Waals surface area contributed by atoms with E-state index >= 15 is 0 Å². The molecule has 9 heteroatoms. The van der Waals surface area contributed by atoms with Crippen molar-refractivity contribution in [3.05, 3.63) is 39.7 Å². The van der Waals surface area contributed by atoms with Crippen LogP contribution in [0.1, 0.15) is 11.1 Å². The van der Waals surface area contributed by atoms with Gasteiger partial charge in [-0.3, -0.25) is 0 Å². The number of anilines is 1. The molecular formula is C17H17N3O4S2. The van der Waals surface area contributed by atoms with Crippen LogP contribution < -0.4 is 10.5 Å². The zero-order chi connectivity index (χ0) is 18.1. The summed E-state index contributed by atoms with van der Waals surface area (Å²) in [4.78, 5) is 14.1. The van der Waals surface area contributed by atoms with E-state index in [1.54, 1.807) is 30.4 Å². The van der Waals surface area contributed by atoms with Gasteiger partial charge in [0.15, 0.2) is 4.34 Å². The van der Waals surface area contributed by atoms with Crippen LogP contribution in [0.25, 0.3) is 11.0 Å². The lowest BCUT2D eigenvalue weighted by atomic mass is 10.1. The molecule has 136 valence electrons. The quantitative estimate of drug-likeness (QED) is 0.536. The molecule has 1 aromatic carbocycles. The third kappa shape index (κ3) is 3.42. The van der Waals surface area contributed by atoms with Gasteiger partial charge >= 0.3 is 5.63 Å². The van der Waals surface area contributed by atoms with Crippen LogP contribution in [0.3, 0.4) is 0 Å². The zero-order valence-electron chi connectivity index (χ0n) is 14.1. The van der Waals surface area contributed by atoms with Crippen LogP contribution in [0.5, 0.6) is 5.75 Å². The van der Waals surface area contributed by atoms with E-state index in [2.05, 4.69) is 15.1 Å². The third-order valence-electron chi connectivity index (χ3n) is 4.25. The molecule has 1 aliphatic rings. The number of hydrogen-bond acceptors (Lipinski definition) is 9. The fraction of sp³-hybridized carbons (Fsp3) is 0.353. The smallest absolute Gasteiger partial charge is 0.336 e. The summed E-state index contributed by atoms with van der Waals surface area (Å²) in [7, 11) is 0. The molecule has 0 amide bonds. The van der Waals surface area contributed by atoms with E-state index in [1.807, 2.05) is 0 Å². The van der Waals surface area contributed by atoms with Crippen molar-refractivity contribution in [2.45, 2.75) is 17.0 Å². The van der Waals surface area contributed by atoms with Crippen LogP contribution in [-0.4, -0.2) is 41.6 Å². The highest BCUT2D eigenvalue weighted by Crippen LogP contribution is 2.33. The van der Waals surface area contributed by atoms with Crippen molar-refractivity contribution in [1.82, 2.24) is 10.2 Å². The number of aryl methyl sites for hydroxylation is 1. The van der Waals surface area contributed by atoms with Crippen LogP contribution >= 0.6 is 23.1 Å². The molecule has 0 unspecified atom stereocenters. The maximum atomic E-state index is 11.9. The Kier molecular flexibility index (Phi) is 4.84. The Labute approximate surface area is 157 Å². The van der Waals surface area contributed by atoms with Gasteiger partial charge < -0.3 is 19.2 Å². The first-order chi connectivity index (χ1) is 12.6. The summed E-state index contributed by atoms with van der Waals surface area (Å²) in [5, 5.41) is 20.1. The molecule has 7 nitrogen and oxygen atoms in total. The number of rotatable bonds is 4. The number of phenolic OH excluding ortho intramolecular Hbond substituents is 1. The summed E-state index contributed by atoms with van der Waals surface area (Å²) in [6, 6.07) is 4.89. The number of thioether (sulfide) groups is 1. The van der Waals surface area contributed by atoms with Crippen molar-refractivity contribution >= 4 is 39.2 Å². The molecule has 0 radical (unpaired) electrons. The van der Waals surface area contributed by atoms with Gasteiger partial charge in [0.05, 0.1) is 13.2 Å². The Balaban J connectivity index is 1.56. The Hall–Kier alpha value is -2.10. The lowest BCUT2D eigenvalue weighted by Gasteiger charge is -2.25. The maximum Gasteiger partial charge on any atom is 0.336 e. The monoisotopic (exact) mass is 391 g/mol. The fourth-order valence-electron chi connectivity index (χ4n) is 2.82. The average molecular weight is 391 g/mol. The van der Waals surface area contributed by atoms with E-state index in [0.717, 1.165) is 33.5 Å². The van der Waals surface area contributed by atoms with Crippen molar-refractivity contribution < 1.29 is 14.3 Å². The van der Waals surface area contributed by atoms with Crippen molar-refractivity contribution in [3.63, 3.8) is 0 Å². The van der Waals surface area contributed by atoms with Crippen LogP contribution in [0.15, 0.2) is 31.8 Å². The molecule has 1 aliphatic heterocycles. The number of aromatic hydroxyl groups is 1. The second-order valence-electron chi connectivity index (χ2n) is 5.92. The minimum absolute atomic E-state index is 0.115. The number of fused-ring (bicyclic) bond motifs is 1. The first kappa shape index (κ1) is 17.3.